The number of carboxylic acids is 1. The van der Waals surface area contributed by atoms with E-state index in [1.54, 1.807) is 0 Å². The first-order valence-electron chi connectivity index (χ1n) is 5.94. The predicted molar refractivity (Wildman–Crippen MR) is 69.8 cm³/mol. The lowest BCUT2D eigenvalue weighted by Crippen LogP contribution is -2.36. The average molecular weight is 286 g/mol. The summed E-state index contributed by atoms with van der Waals surface area (Å²) in [5, 5.41) is 11.2. The number of carbonyl (C=O) groups is 2. The monoisotopic (exact) mass is 286 g/mol. The number of hydrogen-bond acceptors (Lipinski definition) is 2. The van der Waals surface area contributed by atoms with Gasteiger partial charge in [0.1, 0.15) is 0 Å². The average Bonchev–Trinajstić information content (AvgIpc) is 2.38. The molecular formula is C13H16F2N2O3. The van der Waals surface area contributed by atoms with Crippen LogP contribution in [0.5, 0.6) is 0 Å². The number of nitrogens with zero attached hydrogens (tertiary/aromatic N) is 1. The van der Waals surface area contributed by atoms with Crippen LogP contribution in [-0.4, -0.2) is 35.6 Å². The van der Waals surface area contributed by atoms with Gasteiger partial charge in [0.05, 0.1) is 5.92 Å². The van der Waals surface area contributed by atoms with E-state index >= 15 is 0 Å². The molecule has 0 bridgehead atoms. The van der Waals surface area contributed by atoms with Crippen molar-refractivity contribution in [3.05, 3.63) is 29.8 Å². The van der Waals surface area contributed by atoms with Crippen LogP contribution in [0.15, 0.2) is 24.3 Å². The maximum Gasteiger partial charge on any atom is 0.321 e. The number of anilines is 1. The quantitative estimate of drug-likeness (QED) is 0.874. The van der Waals surface area contributed by atoms with Crippen molar-refractivity contribution in [2.45, 2.75) is 13.3 Å². The highest BCUT2D eigenvalue weighted by Crippen LogP contribution is 2.21. The van der Waals surface area contributed by atoms with Crippen LogP contribution >= 0.6 is 0 Å². The van der Waals surface area contributed by atoms with Crippen LogP contribution in [0, 0.1) is 5.92 Å². The molecule has 1 aromatic rings. The summed E-state index contributed by atoms with van der Waals surface area (Å²) in [6, 6.07) is 4.78. The Balaban J connectivity index is 2.66. The fraction of sp³-hybridized carbons (Fsp3) is 0.385. The van der Waals surface area contributed by atoms with Gasteiger partial charge in [-0.05, 0) is 12.1 Å². The maximum atomic E-state index is 12.5. The summed E-state index contributed by atoms with van der Waals surface area (Å²) < 4.78 is 25.0. The number of carboxylic acid groups (broad SMARTS) is 1. The van der Waals surface area contributed by atoms with E-state index in [0.717, 1.165) is 0 Å². The Morgan fingerprint density at radius 3 is 2.60 bits per heavy atom. The molecule has 0 aliphatic carbocycles. The van der Waals surface area contributed by atoms with E-state index in [0.29, 0.717) is 0 Å². The normalized spacial score (nSPS) is 12.1. The number of aliphatic carboxylic acids is 1. The molecule has 1 atom stereocenters. The van der Waals surface area contributed by atoms with Gasteiger partial charge in [-0.2, -0.15) is 0 Å². The zero-order valence-corrected chi connectivity index (χ0v) is 11.1. The van der Waals surface area contributed by atoms with Crippen molar-refractivity contribution in [3.8, 4) is 0 Å². The van der Waals surface area contributed by atoms with E-state index in [-0.39, 0.29) is 17.8 Å². The Bertz CT molecular complexity index is 494. The molecule has 0 spiro atoms. The van der Waals surface area contributed by atoms with Gasteiger partial charge in [0.2, 0.25) is 0 Å². The lowest BCUT2D eigenvalue weighted by molar-refractivity contribution is -0.141. The number of halogens is 2. The first-order chi connectivity index (χ1) is 9.31. The minimum Gasteiger partial charge on any atom is -0.481 e. The maximum absolute atomic E-state index is 12.5. The van der Waals surface area contributed by atoms with E-state index in [1.165, 1.54) is 43.1 Å². The smallest absolute Gasteiger partial charge is 0.321 e. The molecule has 0 saturated carbocycles. The Kier molecular flexibility index (Phi) is 5.42. The summed E-state index contributed by atoms with van der Waals surface area (Å²) in [7, 11) is 1.44. The van der Waals surface area contributed by atoms with E-state index in [4.69, 9.17) is 5.11 Å². The second-order valence-corrected chi connectivity index (χ2v) is 4.48. The van der Waals surface area contributed by atoms with E-state index in [1.807, 2.05) is 0 Å². The molecule has 0 saturated heterocycles. The first-order valence-corrected chi connectivity index (χ1v) is 5.94. The van der Waals surface area contributed by atoms with Crippen LogP contribution in [0.1, 0.15) is 18.9 Å². The van der Waals surface area contributed by atoms with Gasteiger partial charge in [0.15, 0.2) is 0 Å². The molecule has 0 radical (unpaired) electrons. The first kappa shape index (κ1) is 15.9. The van der Waals surface area contributed by atoms with Crippen LogP contribution in [0.25, 0.3) is 0 Å². The molecule has 0 aliphatic heterocycles. The lowest BCUT2D eigenvalue weighted by atomic mass is 10.2. The van der Waals surface area contributed by atoms with Gasteiger partial charge < -0.3 is 15.3 Å². The summed E-state index contributed by atoms with van der Waals surface area (Å²) in [6.45, 7) is 1.50. The number of urea groups is 1. The number of amides is 2. The topological polar surface area (TPSA) is 69.6 Å². The van der Waals surface area contributed by atoms with Crippen molar-refractivity contribution < 1.29 is 23.5 Å². The van der Waals surface area contributed by atoms with Crippen molar-refractivity contribution in [1.82, 2.24) is 4.90 Å². The summed E-state index contributed by atoms with van der Waals surface area (Å²) in [4.78, 5) is 23.7. The van der Waals surface area contributed by atoms with Gasteiger partial charge in [0.25, 0.3) is 6.43 Å². The van der Waals surface area contributed by atoms with Gasteiger partial charge in [0, 0.05) is 24.8 Å². The number of nitrogens with one attached hydrogen (secondary N) is 1. The molecule has 1 aromatic carbocycles. The third-order valence-corrected chi connectivity index (χ3v) is 2.71. The van der Waals surface area contributed by atoms with E-state index in [9.17, 15) is 18.4 Å². The molecule has 7 heteroatoms. The van der Waals surface area contributed by atoms with Crippen LogP contribution in [0.4, 0.5) is 19.3 Å². The molecule has 5 nitrogen and oxygen atoms in total. The number of carbonyl (C=O) groups excluding carboxylic acids is 1. The molecule has 1 unspecified atom stereocenters. The molecular weight excluding hydrogens is 270 g/mol. The highest BCUT2D eigenvalue weighted by molar-refractivity contribution is 5.89. The lowest BCUT2D eigenvalue weighted by Gasteiger charge is -2.20. The number of alkyl halides is 2. The molecule has 0 aliphatic rings. The molecule has 0 heterocycles. The van der Waals surface area contributed by atoms with Crippen molar-refractivity contribution in [3.63, 3.8) is 0 Å². The van der Waals surface area contributed by atoms with Crippen molar-refractivity contribution in [1.29, 1.82) is 0 Å². The second-order valence-electron chi connectivity index (χ2n) is 4.48. The number of benzene rings is 1. The fourth-order valence-corrected chi connectivity index (χ4v) is 1.54. The third kappa shape index (κ3) is 4.49. The minimum absolute atomic E-state index is 0.0235. The Morgan fingerprint density at radius 1 is 1.40 bits per heavy atom. The summed E-state index contributed by atoms with van der Waals surface area (Å²) in [6.07, 6.45) is -2.61. The zero-order valence-electron chi connectivity index (χ0n) is 11.1. The number of hydrogen-bond donors (Lipinski definition) is 2. The highest BCUT2D eigenvalue weighted by Gasteiger charge is 2.17. The Hall–Kier alpha value is -2.18. The van der Waals surface area contributed by atoms with Gasteiger partial charge in [-0.25, -0.2) is 13.6 Å². The molecule has 110 valence electrons. The van der Waals surface area contributed by atoms with Crippen LogP contribution in [0.3, 0.4) is 0 Å². The third-order valence-electron chi connectivity index (χ3n) is 2.71. The molecule has 2 amide bonds. The molecule has 0 aromatic heterocycles. The predicted octanol–water partition coefficient (Wildman–Crippen LogP) is 2.81. The van der Waals surface area contributed by atoms with Crippen LogP contribution in [0.2, 0.25) is 0 Å². The SMILES string of the molecule is CC(CN(C)C(=O)Nc1cccc(C(F)F)c1)C(=O)O. The van der Waals surface area contributed by atoms with Crippen LogP contribution < -0.4 is 5.32 Å². The molecule has 2 N–H and O–H groups in total. The minimum atomic E-state index is -2.61. The fourth-order valence-electron chi connectivity index (χ4n) is 1.54. The standard InChI is InChI=1S/C13H16F2N2O3/c1-8(12(18)19)7-17(2)13(20)16-10-5-3-4-9(6-10)11(14)15/h3-6,8,11H,7H2,1-2H3,(H,16,20)(H,18,19). The van der Waals surface area contributed by atoms with Crippen molar-refractivity contribution in [2.75, 3.05) is 18.9 Å². The molecule has 20 heavy (non-hydrogen) atoms. The summed E-state index contributed by atoms with van der Waals surface area (Å²) in [5.74, 6) is -1.72. The summed E-state index contributed by atoms with van der Waals surface area (Å²) in [5.41, 5.74) is 0.0481. The second kappa shape index (κ2) is 6.83. The Morgan fingerprint density at radius 2 is 2.05 bits per heavy atom. The molecule has 1 rings (SSSR count). The Labute approximate surface area is 115 Å². The van der Waals surface area contributed by atoms with Crippen molar-refractivity contribution in [2.24, 2.45) is 5.92 Å². The highest BCUT2D eigenvalue weighted by atomic mass is 19.3. The van der Waals surface area contributed by atoms with E-state index in [2.05, 4.69) is 5.32 Å². The van der Waals surface area contributed by atoms with Crippen molar-refractivity contribution >= 4 is 17.7 Å². The zero-order chi connectivity index (χ0) is 15.3. The molecule has 0 fully saturated rings. The largest absolute Gasteiger partial charge is 0.481 e. The number of rotatable bonds is 5. The van der Waals surface area contributed by atoms with Gasteiger partial charge in [-0.1, -0.05) is 19.1 Å². The van der Waals surface area contributed by atoms with E-state index < -0.39 is 24.3 Å². The van der Waals surface area contributed by atoms with Gasteiger partial charge in [-0.15, -0.1) is 0 Å². The van der Waals surface area contributed by atoms with Crippen LogP contribution in [-0.2, 0) is 4.79 Å². The van der Waals surface area contributed by atoms with Gasteiger partial charge in [-0.3, -0.25) is 4.79 Å². The summed E-state index contributed by atoms with van der Waals surface area (Å²) >= 11 is 0. The van der Waals surface area contributed by atoms with Gasteiger partial charge >= 0.3 is 12.0 Å².